The number of para-hydroxylation sites is 1. The van der Waals surface area contributed by atoms with E-state index in [4.69, 9.17) is 9.15 Å². The molecule has 0 saturated carbocycles. The number of hydrogen-bond acceptors (Lipinski definition) is 7. The Bertz CT molecular complexity index is 1360. The molecular formula is C26H19N3O5S. The summed E-state index contributed by atoms with van der Waals surface area (Å²) in [5, 5.41) is 8.47. The van der Waals surface area contributed by atoms with Crippen molar-refractivity contribution in [2.45, 2.75) is 0 Å². The normalized spacial score (nSPS) is 11.3. The van der Waals surface area contributed by atoms with Crippen LogP contribution in [0.25, 0.3) is 6.08 Å². The molecule has 0 atom stereocenters. The fourth-order valence-electron chi connectivity index (χ4n) is 2.90. The van der Waals surface area contributed by atoms with Crippen LogP contribution < -0.4 is 15.5 Å². The fourth-order valence-corrected chi connectivity index (χ4v) is 3.56. The average Bonchev–Trinajstić information content (AvgIpc) is 3.60. The van der Waals surface area contributed by atoms with Crippen molar-refractivity contribution in [3.05, 3.63) is 118 Å². The molecule has 0 spiro atoms. The zero-order valence-corrected chi connectivity index (χ0v) is 19.0. The topological polar surface area (TPSA) is 110 Å². The first kappa shape index (κ1) is 23.4. The van der Waals surface area contributed by atoms with Crippen LogP contribution in [0.4, 0.5) is 0 Å². The largest absolute Gasteiger partial charge is 0.457 e. The number of nitrogens with one attached hydrogen (secondary N) is 2. The van der Waals surface area contributed by atoms with Gasteiger partial charge in [0.05, 0.1) is 12.5 Å². The van der Waals surface area contributed by atoms with Gasteiger partial charge in [0, 0.05) is 16.0 Å². The molecule has 0 aliphatic rings. The van der Waals surface area contributed by atoms with Crippen LogP contribution in [-0.2, 0) is 4.79 Å². The SMILES string of the molecule is O=C(N/N=C\c1ccccc1OC(=O)c1ccco1)/C(=C\c1cccs1)NC(=O)c1ccccc1. The van der Waals surface area contributed by atoms with E-state index in [1.807, 2.05) is 17.5 Å². The van der Waals surface area contributed by atoms with Gasteiger partial charge in [0.15, 0.2) is 0 Å². The molecule has 0 saturated heterocycles. The van der Waals surface area contributed by atoms with Crippen LogP contribution in [0.1, 0.15) is 31.4 Å². The zero-order valence-electron chi connectivity index (χ0n) is 18.2. The Hall–Kier alpha value is -4.76. The highest BCUT2D eigenvalue weighted by molar-refractivity contribution is 7.10. The van der Waals surface area contributed by atoms with Crippen LogP contribution >= 0.6 is 11.3 Å². The maximum atomic E-state index is 12.8. The lowest BCUT2D eigenvalue weighted by Gasteiger charge is -2.09. The van der Waals surface area contributed by atoms with Crippen LogP contribution in [0.2, 0.25) is 0 Å². The third kappa shape index (κ3) is 6.40. The van der Waals surface area contributed by atoms with Crippen molar-refractivity contribution >= 4 is 41.4 Å². The van der Waals surface area contributed by atoms with Gasteiger partial charge in [-0.1, -0.05) is 36.4 Å². The molecule has 0 aliphatic heterocycles. The zero-order chi connectivity index (χ0) is 24.5. The van der Waals surface area contributed by atoms with E-state index in [0.29, 0.717) is 11.1 Å². The van der Waals surface area contributed by atoms with Crippen LogP contribution in [0, 0.1) is 0 Å². The highest BCUT2D eigenvalue weighted by Crippen LogP contribution is 2.18. The molecule has 9 heteroatoms. The molecule has 2 aromatic carbocycles. The Kier molecular flexibility index (Phi) is 7.62. The van der Waals surface area contributed by atoms with E-state index in [1.165, 1.54) is 29.9 Å². The van der Waals surface area contributed by atoms with Crippen molar-refractivity contribution in [1.82, 2.24) is 10.7 Å². The van der Waals surface area contributed by atoms with Crippen LogP contribution in [-0.4, -0.2) is 24.0 Å². The van der Waals surface area contributed by atoms with Crippen molar-refractivity contribution in [1.29, 1.82) is 0 Å². The van der Waals surface area contributed by atoms with E-state index in [1.54, 1.807) is 66.7 Å². The summed E-state index contributed by atoms with van der Waals surface area (Å²) in [6.45, 7) is 0. The highest BCUT2D eigenvalue weighted by atomic mass is 32.1. The first-order valence-electron chi connectivity index (χ1n) is 10.4. The number of nitrogens with zero attached hydrogens (tertiary/aromatic N) is 1. The number of benzene rings is 2. The number of esters is 1. The number of furan rings is 1. The maximum absolute atomic E-state index is 12.8. The summed E-state index contributed by atoms with van der Waals surface area (Å²) in [4.78, 5) is 38.4. The van der Waals surface area contributed by atoms with Crippen LogP contribution in [0.5, 0.6) is 5.75 Å². The third-order valence-corrected chi connectivity index (χ3v) is 5.39. The van der Waals surface area contributed by atoms with E-state index in [0.717, 1.165) is 4.88 Å². The number of hydrazone groups is 1. The Morgan fingerprint density at radius 1 is 0.914 bits per heavy atom. The number of amides is 2. The minimum atomic E-state index is -0.662. The number of hydrogen-bond donors (Lipinski definition) is 2. The van der Waals surface area contributed by atoms with E-state index >= 15 is 0 Å². The third-order valence-electron chi connectivity index (χ3n) is 4.57. The second-order valence-corrected chi connectivity index (χ2v) is 7.98. The van der Waals surface area contributed by atoms with Gasteiger partial charge in [-0.15, -0.1) is 11.3 Å². The van der Waals surface area contributed by atoms with Gasteiger partial charge in [0.25, 0.3) is 11.8 Å². The van der Waals surface area contributed by atoms with Gasteiger partial charge in [-0.2, -0.15) is 5.10 Å². The smallest absolute Gasteiger partial charge is 0.379 e. The molecule has 2 N–H and O–H groups in total. The van der Waals surface area contributed by atoms with E-state index < -0.39 is 17.8 Å². The monoisotopic (exact) mass is 485 g/mol. The summed E-state index contributed by atoms with van der Waals surface area (Å²) in [5.74, 6) is -1.42. The molecule has 35 heavy (non-hydrogen) atoms. The molecule has 174 valence electrons. The second-order valence-electron chi connectivity index (χ2n) is 7.00. The second kappa shape index (κ2) is 11.4. The number of rotatable bonds is 8. The summed E-state index contributed by atoms with van der Waals surface area (Å²) in [7, 11) is 0. The summed E-state index contributed by atoms with van der Waals surface area (Å²) in [6.07, 6.45) is 4.28. The molecular weight excluding hydrogens is 466 g/mol. The lowest BCUT2D eigenvalue weighted by atomic mass is 10.2. The van der Waals surface area contributed by atoms with Crippen molar-refractivity contribution in [2.75, 3.05) is 0 Å². The minimum Gasteiger partial charge on any atom is -0.457 e. The Labute approximate surface area is 204 Å². The molecule has 0 bridgehead atoms. The lowest BCUT2D eigenvalue weighted by Crippen LogP contribution is -2.32. The molecule has 0 unspecified atom stereocenters. The number of carbonyl (C=O) groups excluding carboxylic acids is 3. The van der Waals surface area contributed by atoms with Crippen molar-refractivity contribution in [3.8, 4) is 5.75 Å². The van der Waals surface area contributed by atoms with Crippen molar-refractivity contribution < 1.29 is 23.5 Å². The Morgan fingerprint density at radius 2 is 1.71 bits per heavy atom. The van der Waals surface area contributed by atoms with Gasteiger partial charge in [-0.25, -0.2) is 10.2 Å². The Balaban J connectivity index is 1.47. The molecule has 0 radical (unpaired) electrons. The van der Waals surface area contributed by atoms with E-state index in [9.17, 15) is 14.4 Å². The first-order valence-corrected chi connectivity index (χ1v) is 11.3. The molecule has 2 amide bonds. The van der Waals surface area contributed by atoms with Gasteiger partial charge in [-0.3, -0.25) is 9.59 Å². The van der Waals surface area contributed by atoms with Crippen LogP contribution in [0.15, 0.2) is 106 Å². The van der Waals surface area contributed by atoms with Gasteiger partial charge >= 0.3 is 5.97 Å². The standard InChI is InChI=1S/C26H19N3O5S/c30-24(18-8-2-1-3-9-18)28-21(16-20-11-7-15-35-20)25(31)29-27-17-19-10-4-5-12-22(19)34-26(32)23-13-6-14-33-23/h1-17H,(H,28,30)(H,29,31)/b21-16+,27-17-. The van der Waals surface area contributed by atoms with Crippen molar-refractivity contribution in [3.63, 3.8) is 0 Å². The highest BCUT2D eigenvalue weighted by Gasteiger charge is 2.15. The molecule has 4 rings (SSSR count). The summed E-state index contributed by atoms with van der Waals surface area (Å²) >= 11 is 1.42. The van der Waals surface area contributed by atoms with Gasteiger partial charge in [-0.05, 0) is 53.9 Å². The predicted octanol–water partition coefficient (Wildman–Crippen LogP) is 4.48. The molecule has 2 heterocycles. The van der Waals surface area contributed by atoms with E-state index in [2.05, 4.69) is 15.8 Å². The van der Waals surface area contributed by atoms with E-state index in [-0.39, 0.29) is 17.2 Å². The maximum Gasteiger partial charge on any atom is 0.379 e. The van der Waals surface area contributed by atoms with Crippen molar-refractivity contribution in [2.24, 2.45) is 5.10 Å². The molecule has 8 nitrogen and oxygen atoms in total. The Morgan fingerprint density at radius 3 is 2.46 bits per heavy atom. The summed E-state index contributed by atoms with van der Waals surface area (Å²) in [6, 6.07) is 22.0. The average molecular weight is 486 g/mol. The minimum absolute atomic E-state index is 0.0241. The number of carbonyl (C=O) groups is 3. The summed E-state index contributed by atoms with van der Waals surface area (Å²) < 4.78 is 10.4. The molecule has 2 aromatic heterocycles. The van der Waals surface area contributed by atoms with Gasteiger partial charge < -0.3 is 14.5 Å². The molecule has 0 aliphatic carbocycles. The first-order chi connectivity index (χ1) is 17.1. The number of thiophene rings is 1. The fraction of sp³-hybridized carbons (Fsp3) is 0. The van der Waals surface area contributed by atoms with Gasteiger partial charge in [0.1, 0.15) is 11.4 Å². The van der Waals surface area contributed by atoms with Gasteiger partial charge in [0.2, 0.25) is 5.76 Å². The summed E-state index contributed by atoms with van der Waals surface area (Å²) in [5.41, 5.74) is 3.29. The molecule has 0 fully saturated rings. The predicted molar refractivity (Wildman–Crippen MR) is 132 cm³/mol. The lowest BCUT2D eigenvalue weighted by molar-refractivity contribution is -0.117. The number of ether oxygens (including phenoxy) is 1. The molecule has 4 aromatic rings. The van der Waals surface area contributed by atoms with Crippen LogP contribution in [0.3, 0.4) is 0 Å². The quantitative estimate of drug-likeness (QED) is 0.126.